The highest BCUT2D eigenvalue weighted by atomic mass is 19.4. The Hall–Kier alpha value is -3.01. The van der Waals surface area contributed by atoms with Crippen LogP contribution in [-0.4, -0.2) is 60.4 Å². The summed E-state index contributed by atoms with van der Waals surface area (Å²) in [6.45, 7) is 3.73. The van der Waals surface area contributed by atoms with Crippen LogP contribution >= 0.6 is 0 Å². The van der Waals surface area contributed by atoms with Crippen molar-refractivity contribution < 1.29 is 32.2 Å². The zero-order valence-electron chi connectivity index (χ0n) is 16.9. The van der Waals surface area contributed by atoms with Crippen LogP contribution in [0.25, 0.3) is 21.8 Å². The van der Waals surface area contributed by atoms with Crippen molar-refractivity contribution >= 4 is 27.8 Å². The molecule has 0 spiro atoms. The summed E-state index contributed by atoms with van der Waals surface area (Å²) in [6.07, 6.45) is -0.509. The molecule has 0 bridgehead atoms. The number of aromatic amines is 1. The number of rotatable bonds is 7. The number of fused-ring (bicyclic) bond motifs is 3. The number of likely N-dealkylation sites (tertiary alicyclic amines) is 1. The van der Waals surface area contributed by atoms with Crippen LogP contribution in [0.5, 0.6) is 17.4 Å². The predicted octanol–water partition coefficient (Wildman–Crippen LogP) is 4.06. The van der Waals surface area contributed by atoms with Crippen molar-refractivity contribution in [1.29, 1.82) is 0 Å². The first kappa shape index (κ1) is 21.2. The molecule has 2 aromatic heterocycles. The molecule has 0 aliphatic carbocycles. The predicted molar refractivity (Wildman–Crippen MR) is 108 cm³/mol. The summed E-state index contributed by atoms with van der Waals surface area (Å²) in [5.41, 5.74) is 1.07. The summed E-state index contributed by atoms with van der Waals surface area (Å²) in [7, 11) is 1.48. The SMILES string of the molecule is COc1cc2c(cc1OCCCN1CCCC1)[nH]c1ccnc(OC(=O)C(F)(F)F)c12. The van der Waals surface area contributed by atoms with Gasteiger partial charge < -0.3 is 24.1 Å². The fourth-order valence-electron chi connectivity index (χ4n) is 3.79. The smallest absolute Gasteiger partial charge is 0.491 e. The number of alkyl halides is 3. The Morgan fingerprint density at radius 1 is 1.19 bits per heavy atom. The van der Waals surface area contributed by atoms with Crippen LogP contribution in [0.3, 0.4) is 0 Å². The summed E-state index contributed by atoms with van der Waals surface area (Å²) in [6, 6.07) is 4.94. The number of hydrogen-bond acceptors (Lipinski definition) is 6. The molecule has 3 aromatic rings. The molecule has 0 radical (unpaired) electrons. The summed E-state index contributed by atoms with van der Waals surface area (Å²) in [4.78, 5) is 20.6. The highest BCUT2D eigenvalue weighted by molar-refractivity contribution is 6.11. The van der Waals surface area contributed by atoms with Crippen molar-refractivity contribution in [2.24, 2.45) is 0 Å². The van der Waals surface area contributed by atoms with E-state index in [1.54, 1.807) is 18.2 Å². The lowest BCUT2D eigenvalue weighted by molar-refractivity contribution is -0.189. The number of nitrogens with one attached hydrogen (secondary N) is 1. The van der Waals surface area contributed by atoms with Crippen molar-refractivity contribution in [3.63, 3.8) is 0 Å². The molecule has 0 unspecified atom stereocenters. The maximum atomic E-state index is 12.6. The third kappa shape index (κ3) is 4.53. The van der Waals surface area contributed by atoms with Crippen LogP contribution in [0.2, 0.25) is 0 Å². The molecule has 31 heavy (non-hydrogen) atoms. The van der Waals surface area contributed by atoms with E-state index in [-0.39, 0.29) is 5.39 Å². The molecule has 7 nitrogen and oxygen atoms in total. The topological polar surface area (TPSA) is 76.7 Å². The second-order valence-electron chi connectivity index (χ2n) is 7.35. The minimum Gasteiger partial charge on any atom is -0.493 e. The van der Waals surface area contributed by atoms with E-state index in [1.165, 1.54) is 26.1 Å². The summed E-state index contributed by atoms with van der Waals surface area (Å²) in [5.74, 6) is -1.81. The van der Waals surface area contributed by atoms with E-state index in [0.29, 0.717) is 34.5 Å². The van der Waals surface area contributed by atoms with Crippen LogP contribution in [0.4, 0.5) is 13.2 Å². The average Bonchev–Trinajstić information content (AvgIpc) is 3.37. The van der Waals surface area contributed by atoms with E-state index in [4.69, 9.17) is 9.47 Å². The van der Waals surface area contributed by atoms with Crippen molar-refractivity contribution in [2.75, 3.05) is 33.4 Å². The van der Waals surface area contributed by atoms with Crippen LogP contribution in [0.15, 0.2) is 24.4 Å². The molecule has 10 heteroatoms. The van der Waals surface area contributed by atoms with E-state index in [2.05, 4.69) is 19.6 Å². The molecular formula is C21H22F3N3O4. The second-order valence-corrected chi connectivity index (χ2v) is 7.35. The molecule has 0 saturated carbocycles. The van der Waals surface area contributed by atoms with Gasteiger partial charge in [0.1, 0.15) is 0 Å². The molecule has 1 aromatic carbocycles. The van der Waals surface area contributed by atoms with E-state index in [9.17, 15) is 18.0 Å². The Bertz CT molecular complexity index is 1090. The third-order valence-electron chi connectivity index (χ3n) is 5.25. The number of ether oxygens (including phenoxy) is 3. The highest BCUT2D eigenvalue weighted by Gasteiger charge is 2.42. The number of methoxy groups -OCH3 is 1. The van der Waals surface area contributed by atoms with Crippen LogP contribution in [0, 0.1) is 0 Å². The monoisotopic (exact) mass is 437 g/mol. The molecule has 166 valence electrons. The van der Waals surface area contributed by atoms with Gasteiger partial charge in [0.2, 0.25) is 5.88 Å². The number of nitrogens with zero attached hydrogens (tertiary/aromatic N) is 2. The largest absolute Gasteiger partial charge is 0.493 e. The maximum Gasteiger partial charge on any atom is 0.491 e. The number of carbonyl (C=O) groups excluding carboxylic acids is 1. The standard InChI is InChI=1S/C21H22F3N3O4/c1-29-16-11-13-15(12-17(16)30-10-4-9-27-7-2-3-8-27)26-14-5-6-25-19(18(13)14)31-20(28)21(22,23)24/h5-6,11-12,26H,2-4,7-10H2,1H3. The Kier molecular flexibility index (Phi) is 5.90. The molecule has 1 N–H and O–H groups in total. The lowest BCUT2D eigenvalue weighted by Crippen LogP contribution is -2.28. The number of halogens is 3. The van der Waals surface area contributed by atoms with E-state index in [0.717, 1.165) is 26.1 Å². The minimum atomic E-state index is -5.12. The van der Waals surface area contributed by atoms with Crippen LogP contribution in [-0.2, 0) is 4.79 Å². The van der Waals surface area contributed by atoms with Crippen LogP contribution in [0.1, 0.15) is 19.3 Å². The summed E-state index contributed by atoms with van der Waals surface area (Å²) in [5, 5.41) is 0.767. The Morgan fingerprint density at radius 3 is 2.68 bits per heavy atom. The molecule has 1 saturated heterocycles. The molecule has 0 amide bonds. The first-order valence-corrected chi connectivity index (χ1v) is 9.99. The van der Waals surface area contributed by atoms with Crippen molar-refractivity contribution in [2.45, 2.75) is 25.4 Å². The fourth-order valence-corrected chi connectivity index (χ4v) is 3.79. The molecule has 1 aliphatic heterocycles. The first-order valence-electron chi connectivity index (χ1n) is 9.99. The van der Waals surface area contributed by atoms with E-state index in [1.807, 2.05) is 0 Å². The maximum absolute atomic E-state index is 12.6. The first-order chi connectivity index (χ1) is 14.9. The van der Waals surface area contributed by atoms with Crippen LogP contribution < -0.4 is 14.2 Å². The summed E-state index contributed by atoms with van der Waals surface area (Å²) < 4.78 is 53.8. The zero-order chi connectivity index (χ0) is 22.0. The van der Waals surface area contributed by atoms with Gasteiger partial charge >= 0.3 is 12.1 Å². The van der Waals surface area contributed by atoms with Gasteiger partial charge in [0, 0.05) is 24.2 Å². The average molecular weight is 437 g/mol. The highest BCUT2D eigenvalue weighted by Crippen LogP contribution is 2.39. The van der Waals surface area contributed by atoms with E-state index >= 15 is 0 Å². The van der Waals surface area contributed by atoms with Crippen molar-refractivity contribution in [3.8, 4) is 17.4 Å². The van der Waals surface area contributed by atoms with Crippen molar-refractivity contribution in [1.82, 2.24) is 14.9 Å². The quantitative estimate of drug-likeness (QED) is 0.444. The van der Waals surface area contributed by atoms with Gasteiger partial charge in [-0.3, -0.25) is 0 Å². The number of H-pyrrole nitrogens is 1. The molecule has 4 rings (SSSR count). The number of hydrogen-bond donors (Lipinski definition) is 1. The Balaban J connectivity index is 1.60. The molecule has 1 fully saturated rings. The number of pyridine rings is 1. The molecule has 3 heterocycles. The van der Waals surface area contributed by atoms with Crippen molar-refractivity contribution in [3.05, 3.63) is 24.4 Å². The minimum absolute atomic E-state index is 0.258. The Labute approximate surface area is 176 Å². The van der Waals surface area contributed by atoms with Gasteiger partial charge in [0.05, 0.1) is 30.1 Å². The number of benzene rings is 1. The normalized spacial score (nSPS) is 15.0. The second kappa shape index (κ2) is 8.62. The summed E-state index contributed by atoms with van der Waals surface area (Å²) >= 11 is 0. The van der Waals surface area contributed by atoms with Gasteiger partial charge in [0.25, 0.3) is 0 Å². The lowest BCUT2D eigenvalue weighted by Gasteiger charge is -2.15. The zero-order valence-corrected chi connectivity index (χ0v) is 16.9. The number of aromatic nitrogens is 2. The lowest BCUT2D eigenvalue weighted by atomic mass is 10.1. The molecular weight excluding hydrogens is 415 g/mol. The van der Waals surface area contributed by atoms with Gasteiger partial charge in [-0.25, -0.2) is 9.78 Å². The van der Waals surface area contributed by atoms with E-state index < -0.39 is 18.0 Å². The van der Waals surface area contributed by atoms with Gasteiger partial charge in [-0.15, -0.1) is 0 Å². The Morgan fingerprint density at radius 2 is 1.97 bits per heavy atom. The number of carbonyl (C=O) groups is 1. The molecule has 1 aliphatic rings. The third-order valence-corrected chi connectivity index (χ3v) is 5.25. The fraction of sp³-hybridized carbons (Fsp3) is 0.429. The number of esters is 1. The van der Waals surface area contributed by atoms with Gasteiger partial charge in [0.15, 0.2) is 11.5 Å². The van der Waals surface area contributed by atoms with Gasteiger partial charge in [-0.05, 0) is 44.5 Å². The van der Waals surface area contributed by atoms with Gasteiger partial charge in [-0.1, -0.05) is 0 Å². The van der Waals surface area contributed by atoms with Gasteiger partial charge in [-0.2, -0.15) is 13.2 Å². The molecule has 0 atom stereocenters.